The van der Waals surface area contributed by atoms with Gasteiger partial charge in [0.1, 0.15) is 11.5 Å². The number of ether oxygens (including phenoxy) is 2. The molecule has 1 unspecified atom stereocenters. The molecule has 7 heteroatoms. The molecule has 0 aromatic heterocycles. The Hall–Kier alpha value is -1.89. The zero-order chi connectivity index (χ0) is 16.9. The summed E-state index contributed by atoms with van der Waals surface area (Å²) in [5.74, 6) is 0.472. The van der Waals surface area contributed by atoms with Gasteiger partial charge in [-0.1, -0.05) is 29.8 Å². The number of hydrogen-bond donors (Lipinski definition) is 1. The van der Waals surface area contributed by atoms with Crippen LogP contribution in [0.2, 0.25) is 5.02 Å². The maximum atomic E-state index is 12.3. The van der Waals surface area contributed by atoms with Crippen LogP contribution >= 0.6 is 11.6 Å². The maximum absolute atomic E-state index is 12.3. The summed E-state index contributed by atoms with van der Waals surface area (Å²) in [6, 6.07) is 12.6. The van der Waals surface area contributed by atoms with E-state index in [0.717, 1.165) is 11.1 Å². The Morgan fingerprint density at radius 3 is 2.83 bits per heavy atom. The summed E-state index contributed by atoms with van der Waals surface area (Å²) in [6.07, 6.45) is 0. The molecular weight excluding hydrogens is 350 g/mol. The molecule has 0 spiro atoms. The summed E-state index contributed by atoms with van der Waals surface area (Å²) in [7, 11) is -1.37. The van der Waals surface area contributed by atoms with Crippen molar-refractivity contribution in [2.24, 2.45) is 0 Å². The first-order valence-electron chi connectivity index (χ1n) is 7.33. The van der Waals surface area contributed by atoms with Crippen LogP contribution in [0.1, 0.15) is 11.1 Å². The molecule has 0 radical (unpaired) electrons. The van der Waals surface area contributed by atoms with E-state index in [4.69, 9.17) is 21.1 Å². The van der Waals surface area contributed by atoms with E-state index in [-0.39, 0.29) is 24.2 Å². The number of benzene rings is 2. The fourth-order valence-corrected chi connectivity index (χ4v) is 3.74. The molecule has 1 aliphatic rings. The van der Waals surface area contributed by atoms with Gasteiger partial charge >= 0.3 is 0 Å². The minimum Gasteiger partial charge on any atom is -0.467 e. The molecular formula is C17H16ClNO4S. The van der Waals surface area contributed by atoms with Gasteiger partial charge in [-0.3, -0.25) is 9.00 Å². The van der Waals surface area contributed by atoms with Crippen molar-refractivity contribution in [2.75, 3.05) is 17.9 Å². The second-order valence-electron chi connectivity index (χ2n) is 5.31. The van der Waals surface area contributed by atoms with Crippen molar-refractivity contribution in [3.05, 3.63) is 58.6 Å². The minimum absolute atomic E-state index is 0.0906. The lowest BCUT2D eigenvalue weighted by molar-refractivity contribution is -0.113. The molecule has 1 amide bonds. The van der Waals surface area contributed by atoms with Crippen molar-refractivity contribution >= 4 is 34.0 Å². The zero-order valence-corrected chi connectivity index (χ0v) is 14.4. The molecule has 1 atom stereocenters. The Balaban J connectivity index is 1.65. The zero-order valence-electron chi connectivity index (χ0n) is 12.8. The van der Waals surface area contributed by atoms with Crippen LogP contribution in [0, 0.1) is 0 Å². The lowest BCUT2D eigenvalue weighted by atomic mass is 10.1. The van der Waals surface area contributed by atoms with E-state index in [1.807, 2.05) is 18.2 Å². The number of carbonyl (C=O) groups excluding carboxylic acids is 1. The highest BCUT2D eigenvalue weighted by atomic mass is 35.5. The fourth-order valence-electron chi connectivity index (χ4n) is 2.45. The number of anilines is 1. The van der Waals surface area contributed by atoms with E-state index < -0.39 is 10.8 Å². The number of rotatable bonds is 5. The highest BCUT2D eigenvalue weighted by Crippen LogP contribution is 2.32. The molecule has 126 valence electrons. The number of nitrogens with one attached hydrogen (secondary N) is 1. The van der Waals surface area contributed by atoms with Gasteiger partial charge < -0.3 is 14.8 Å². The Labute approximate surface area is 147 Å². The highest BCUT2D eigenvalue weighted by molar-refractivity contribution is 7.85. The number of fused-ring (bicyclic) bond motifs is 1. The second kappa shape index (κ2) is 7.79. The van der Waals surface area contributed by atoms with Gasteiger partial charge in [0.15, 0.2) is 6.79 Å². The summed E-state index contributed by atoms with van der Waals surface area (Å²) in [4.78, 5) is 12.0. The third-order valence-electron chi connectivity index (χ3n) is 3.42. The Kier molecular flexibility index (Phi) is 5.50. The van der Waals surface area contributed by atoms with E-state index in [0.29, 0.717) is 23.1 Å². The molecule has 0 aliphatic carbocycles. The van der Waals surface area contributed by atoms with Gasteiger partial charge in [-0.15, -0.1) is 0 Å². The van der Waals surface area contributed by atoms with Gasteiger partial charge in [-0.25, -0.2) is 0 Å². The molecule has 1 heterocycles. The average molecular weight is 366 g/mol. The SMILES string of the molecule is O=C(CS(=O)Cc1cc(Cl)cc2c1OCOC2)Nc1ccccc1. The number of carbonyl (C=O) groups is 1. The Morgan fingerprint density at radius 2 is 2.04 bits per heavy atom. The molecule has 0 bridgehead atoms. The van der Waals surface area contributed by atoms with Crippen molar-refractivity contribution < 1.29 is 18.5 Å². The van der Waals surface area contributed by atoms with Crippen LogP contribution in [0.25, 0.3) is 0 Å². The molecule has 1 N–H and O–H groups in total. The largest absolute Gasteiger partial charge is 0.467 e. The van der Waals surface area contributed by atoms with Crippen LogP contribution in [0.4, 0.5) is 5.69 Å². The van der Waals surface area contributed by atoms with E-state index in [2.05, 4.69) is 5.32 Å². The number of para-hydroxylation sites is 1. The highest BCUT2D eigenvalue weighted by Gasteiger charge is 2.19. The van der Waals surface area contributed by atoms with Crippen LogP contribution in [-0.2, 0) is 32.7 Å². The van der Waals surface area contributed by atoms with Gasteiger partial charge in [0, 0.05) is 32.6 Å². The topological polar surface area (TPSA) is 64.6 Å². The third kappa shape index (κ3) is 4.35. The summed E-state index contributed by atoms with van der Waals surface area (Å²) in [5, 5.41) is 3.25. The first kappa shape index (κ1) is 17.0. The van der Waals surface area contributed by atoms with Crippen molar-refractivity contribution in [2.45, 2.75) is 12.4 Å². The van der Waals surface area contributed by atoms with Crippen molar-refractivity contribution in [3.63, 3.8) is 0 Å². The van der Waals surface area contributed by atoms with E-state index in [1.165, 1.54) is 0 Å². The van der Waals surface area contributed by atoms with Crippen molar-refractivity contribution in [3.8, 4) is 5.75 Å². The molecule has 2 aromatic carbocycles. The minimum atomic E-state index is -1.37. The van der Waals surface area contributed by atoms with Crippen LogP contribution in [-0.4, -0.2) is 22.7 Å². The Bertz CT molecular complexity index is 767. The van der Waals surface area contributed by atoms with Gasteiger partial charge in [-0.05, 0) is 24.3 Å². The first-order valence-corrected chi connectivity index (χ1v) is 9.20. The number of amides is 1. The van der Waals surface area contributed by atoms with Gasteiger partial charge in [0.2, 0.25) is 5.91 Å². The molecule has 5 nitrogen and oxygen atoms in total. The van der Waals surface area contributed by atoms with Crippen LogP contribution in [0.5, 0.6) is 5.75 Å². The first-order chi connectivity index (χ1) is 11.6. The normalized spacial score (nSPS) is 14.4. The molecule has 24 heavy (non-hydrogen) atoms. The molecule has 2 aromatic rings. The second-order valence-corrected chi connectivity index (χ2v) is 7.20. The van der Waals surface area contributed by atoms with Gasteiger partial charge in [0.05, 0.1) is 12.4 Å². The smallest absolute Gasteiger partial charge is 0.237 e. The predicted octanol–water partition coefficient (Wildman–Crippen LogP) is 3.09. The van der Waals surface area contributed by atoms with E-state index in [9.17, 15) is 9.00 Å². The number of hydrogen-bond acceptors (Lipinski definition) is 4. The Morgan fingerprint density at radius 1 is 1.25 bits per heavy atom. The third-order valence-corrected chi connectivity index (χ3v) is 4.85. The monoisotopic (exact) mass is 365 g/mol. The van der Waals surface area contributed by atoms with Gasteiger partial charge in [-0.2, -0.15) is 0 Å². The van der Waals surface area contributed by atoms with Crippen molar-refractivity contribution in [1.29, 1.82) is 0 Å². The molecule has 0 fully saturated rings. The molecule has 0 saturated heterocycles. The quantitative estimate of drug-likeness (QED) is 0.884. The number of halogens is 1. The lowest BCUT2D eigenvalue weighted by Gasteiger charge is -2.21. The van der Waals surface area contributed by atoms with Crippen LogP contribution in [0.3, 0.4) is 0 Å². The van der Waals surface area contributed by atoms with Crippen LogP contribution in [0.15, 0.2) is 42.5 Å². The molecule has 1 aliphatic heterocycles. The lowest BCUT2D eigenvalue weighted by Crippen LogP contribution is -2.21. The predicted molar refractivity (Wildman–Crippen MR) is 93.5 cm³/mol. The summed E-state index contributed by atoms with van der Waals surface area (Å²) >= 11 is 6.09. The summed E-state index contributed by atoms with van der Waals surface area (Å²) in [5.41, 5.74) is 2.24. The van der Waals surface area contributed by atoms with Crippen LogP contribution < -0.4 is 10.1 Å². The van der Waals surface area contributed by atoms with Gasteiger partial charge in [0.25, 0.3) is 0 Å². The molecule has 3 rings (SSSR count). The van der Waals surface area contributed by atoms with E-state index >= 15 is 0 Å². The summed E-state index contributed by atoms with van der Waals surface area (Å²) in [6.45, 7) is 0.562. The standard InChI is InChI=1S/C17H16ClNO4S/c18-14-6-12-8-22-11-23-17(12)13(7-14)9-24(21)10-16(20)19-15-4-2-1-3-5-15/h1-7H,8-11H2,(H,19,20). The average Bonchev–Trinajstić information content (AvgIpc) is 2.55. The molecule has 0 saturated carbocycles. The fraction of sp³-hybridized carbons (Fsp3) is 0.235. The maximum Gasteiger partial charge on any atom is 0.237 e. The summed E-state index contributed by atoms with van der Waals surface area (Å²) < 4.78 is 23.0. The van der Waals surface area contributed by atoms with E-state index in [1.54, 1.807) is 24.3 Å². The van der Waals surface area contributed by atoms with Crippen molar-refractivity contribution in [1.82, 2.24) is 0 Å².